The van der Waals surface area contributed by atoms with Crippen LogP contribution in [0.3, 0.4) is 0 Å². The van der Waals surface area contributed by atoms with E-state index in [4.69, 9.17) is 28.7 Å². The molecule has 0 saturated carbocycles. The number of nitrogens with zero attached hydrogens (tertiary/aromatic N) is 2. The molecular formula is C28H44N10O4. The molecule has 4 atom stereocenters. The van der Waals surface area contributed by atoms with E-state index in [1.807, 2.05) is 44.2 Å². The molecular weight excluding hydrogens is 540 g/mol. The van der Waals surface area contributed by atoms with Crippen molar-refractivity contribution in [1.29, 1.82) is 0 Å². The van der Waals surface area contributed by atoms with E-state index in [9.17, 15) is 19.2 Å². The topological polar surface area (TPSA) is 263 Å². The quantitative estimate of drug-likeness (QED) is 0.0606. The third kappa shape index (κ3) is 10.2. The Balaban J connectivity index is 2.39. The molecule has 0 radical (unpaired) electrons. The number of hydrogen-bond acceptors (Lipinski definition) is 7. The van der Waals surface area contributed by atoms with Crippen LogP contribution in [-0.2, 0) is 32.0 Å². The first-order valence-corrected chi connectivity index (χ1v) is 13.9. The van der Waals surface area contributed by atoms with Gasteiger partial charge >= 0.3 is 0 Å². The molecule has 1 aromatic heterocycles. The van der Waals surface area contributed by atoms with Crippen molar-refractivity contribution in [3.8, 4) is 0 Å². The number of hydrogen-bond donors (Lipinski definition) is 8. The zero-order valence-electron chi connectivity index (χ0n) is 24.2. The number of aliphatic imine (C=N–C) groups is 1. The summed E-state index contributed by atoms with van der Waals surface area (Å²) in [5, 5.41) is 5.43. The van der Waals surface area contributed by atoms with Gasteiger partial charge in [-0.1, -0.05) is 44.2 Å². The van der Waals surface area contributed by atoms with Crippen LogP contribution in [0.4, 0.5) is 0 Å². The number of amides is 4. The van der Waals surface area contributed by atoms with E-state index in [0.717, 1.165) is 5.56 Å². The van der Waals surface area contributed by atoms with E-state index in [0.29, 0.717) is 18.5 Å². The number of rotatable bonds is 18. The first-order chi connectivity index (χ1) is 19.9. The maximum Gasteiger partial charge on any atom is 0.244 e. The van der Waals surface area contributed by atoms with Crippen molar-refractivity contribution in [1.82, 2.24) is 20.6 Å². The van der Waals surface area contributed by atoms with Gasteiger partial charge in [0.15, 0.2) is 5.96 Å². The second-order valence-corrected chi connectivity index (χ2v) is 10.8. The summed E-state index contributed by atoms with van der Waals surface area (Å²) in [6.45, 7) is 4.06. The van der Waals surface area contributed by atoms with Crippen LogP contribution in [0.25, 0.3) is 0 Å². The van der Waals surface area contributed by atoms with E-state index < -0.39 is 47.2 Å². The van der Waals surface area contributed by atoms with Crippen molar-refractivity contribution in [2.24, 2.45) is 45.5 Å². The molecule has 0 aliphatic carbocycles. The highest BCUT2D eigenvalue weighted by Crippen LogP contribution is 2.29. The zero-order valence-corrected chi connectivity index (χ0v) is 24.2. The molecule has 2 rings (SSSR count). The van der Waals surface area contributed by atoms with Crippen LogP contribution in [0.5, 0.6) is 0 Å². The molecule has 1 unspecified atom stereocenters. The highest BCUT2D eigenvalue weighted by atomic mass is 16.2. The molecule has 13 N–H and O–H groups in total. The van der Waals surface area contributed by atoms with Crippen molar-refractivity contribution in [3.05, 3.63) is 54.1 Å². The molecule has 1 heterocycles. The van der Waals surface area contributed by atoms with E-state index in [-0.39, 0.29) is 44.1 Å². The monoisotopic (exact) mass is 584 g/mol. The number of aromatic amines is 1. The third-order valence-electron chi connectivity index (χ3n) is 7.03. The maximum absolute atomic E-state index is 13.9. The second kappa shape index (κ2) is 16.1. The molecule has 14 nitrogen and oxygen atoms in total. The van der Waals surface area contributed by atoms with Gasteiger partial charge in [0.2, 0.25) is 23.6 Å². The van der Waals surface area contributed by atoms with E-state index >= 15 is 0 Å². The first kappa shape index (κ1) is 33.7. The summed E-state index contributed by atoms with van der Waals surface area (Å²) >= 11 is 0. The standard InChI is InChI=1S/C28H44N10O4/c1-17(2)10-11-28(26(31)42,20(23(30)39)14-19-15-34-16-36-19)38-25(41)22(9-6-12-35-27(32)33)37-24(40)21(29)13-18-7-4-3-5-8-18/h3-5,7-8,15-17,20-22H,6,9-14,29H2,1-2H3,(H2,30,39)(H2,31,42)(H,34,36)(H,37,40)(H,38,41)(H4,32,33,35)/t20-,21+,22-,28?/m1/s1. The molecule has 1 aromatic carbocycles. The van der Waals surface area contributed by atoms with E-state index in [2.05, 4.69) is 25.6 Å². The van der Waals surface area contributed by atoms with Crippen LogP contribution < -0.4 is 39.3 Å². The molecule has 0 saturated heterocycles. The number of aromatic nitrogens is 2. The smallest absolute Gasteiger partial charge is 0.244 e. The predicted molar refractivity (Wildman–Crippen MR) is 159 cm³/mol. The lowest BCUT2D eigenvalue weighted by atomic mass is 9.75. The molecule has 0 aliphatic heterocycles. The molecule has 0 aliphatic rings. The molecule has 0 fully saturated rings. The van der Waals surface area contributed by atoms with Crippen molar-refractivity contribution in [2.45, 2.75) is 70.0 Å². The Morgan fingerprint density at radius 3 is 2.24 bits per heavy atom. The fraction of sp³-hybridized carbons (Fsp3) is 0.500. The third-order valence-corrected chi connectivity index (χ3v) is 7.03. The highest BCUT2D eigenvalue weighted by Gasteiger charge is 2.49. The fourth-order valence-corrected chi connectivity index (χ4v) is 4.65. The summed E-state index contributed by atoms with van der Waals surface area (Å²) in [6.07, 6.45) is 4.03. The molecule has 230 valence electrons. The lowest BCUT2D eigenvalue weighted by molar-refractivity contribution is -0.141. The van der Waals surface area contributed by atoms with Gasteiger partial charge in [0.05, 0.1) is 18.3 Å². The number of imidazole rings is 1. The molecule has 14 heteroatoms. The Morgan fingerprint density at radius 2 is 1.69 bits per heavy atom. The van der Waals surface area contributed by atoms with Gasteiger partial charge in [-0.25, -0.2) is 4.98 Å². The predicted octanol–water partition coefficient (Wildman–Crippen LogP) is -1.06. The van der Waals surface area contributed by atoms with Crippen molar-refractivity contribution < 1.29 is 19.2 Å². The van der Waals surface area contributed by atoms with Gasteiger partial charge in [-0.05, 0) is 43.6 Å². The Bertz CT molecular complexity index is 1200. The van der Waals surface area contributed by atoms with Crippen molar-refractivity contribution in [2.75, 3.05) is 6.54 Å². The van der Waals surface area contributed by atoms with Crippen molar-refractivity contribution >= 4 is 29.6 Å². The summed E-state index contributed by atoms with van der Waals surface area (Å²) in [5.41, 5.74) is 28.2. The van der Waals surface area contributed by atoms with Crippen LogP contribution in [0, 0.1) is 11.8 Å². The maximum atomic E-state index is 13.9. The average molecular weight is 585 g/mol. The van der Waals surface area contributed by atoms with Crippen LogP contribution in [-0.4, -0.2) is 63.7 Å². The summed E-state index contributed by atoms with van der Waals surface area (Å²) in [5.74, 6) is -4.27. The fourth-order valence-electron chi connectivity index (χ4n) is 4.65. The number of guanidine groups is 1. The zero-order chi connectivity index (χ0) is 31.3. The Hall–Kier alpha value is -4.46. The molecule has 0 spiro atoms. The largest absolute Gasteiger partial charge is 0.370 e. The lowest BCUT2D eigenvalue weighted by Crippen LogP contribution is -2.67. The Morgan fingerprint density at radius 1 is 1.00 bits per heavy atom. The summed E-state index contributed by atoms with van der Waals surface area (Å²) in [6, 6.07) is 7.09. The average Bonchev–Trinajstić information content (AvgIpc) is 3.44. The minimum atomic E-state index is -1.85. The van der Waals surface area contributed by atoms with Crippen LogP contribution in [0.15, 0.2) is 47.8 Å². The highest BCUT2D eigenvalue weighted by molar-refractivity contribution is 5.98. The number of nitrogens with one attached hydrogen (secondary N) is 3. The normalized spacial score (nSPS) is 14.7. The number of nitrogens with two attached hydrogens (primary N) is 5. The van der Waals surface area contributed by atoms with Crippen LogP contribution >= 0.6 is 0 Å². The van der Waals surface area contributed by atoms with Crippen LogP contribution in [0.2, 0.25) is 0 Å². The van der Waals surface area contributed by atoms with Gasteiger partial charge in [-0.2, -0.15) is 0 Å². The summed E-state index contributed by atoms with van der Waals surface area (Å²) < 4.78 is 0. The molecule has 4 amide bonds. The number of primary amides is 2. The molecule has 2 aromatic rings. The Kier molecular flexibility index (Phi) is 12.9. The first-order valence-electron chi connectivity index (χ1n) is 13.9. The minimum absolute atomic E-state index is 0.0277. The SMILES string of the molecule is CC(C)CCC(NC(=O)[C@@H](CCCN=C(N)N)NC(=O)[C@@H](N)Cc1ccccc1)(C(N)=O)[C@H](Cc1cnc[nH]1)C(N)=O. The summed E-state index contributed by atoms with van der Waals surface area (Å²) in [7, 11) is 0. The number of H-pyrrole nitrogens is 1. The Labute approximate surface area is 245 Å². The van der Waals surface area contributed by atoms with E-state index in [1.165, 1.54) is 12.5 Å². The van der Waals surface area contributed by atoms with Crippen molar-refractivity contribution in [3.63, 3.8) is 0 Å². The van der Waals surface area contributed by atoms with Gasteiger partial charge in [-0.3, -0.25) is 24.2 Å². The van der Waals surface area contributed by atoms with Gasteiger partial charge in [0.25, 0.3) is 0 Å². The summed E-state index contributed by atoms with van der Waals surface area (Å²) in [4.78, 5) is 63.7. The van der Waals surface area contributed by atoms with E-state index in [1.54, 1.807) is 0 Å². The molecule has 0 bridgehead atoms. The number of carbonyl (C=O) groups excluding carboxylic acids is 4. The van der Waals surface area contributed by atoms with Gasteiger partial charge in [0, 0.05) is 24.9 Å². The second-order valence-electron chi connectivity index (χ2n) is 10.8. The van der Waals surface area contributed by atoms with Crippen LogP contribution in [0.1, 0.15) is 50.8 Å². The lowest BCUT2D eigenvalue weighted by Gasteiger charge is -2.39. The van der Waals surface area contributed by atoms with Gasteiger partial charge in [-0.15, -0.1) is 0 Å². The minimum Gasteiger partial charge on any atom is -0.370 e. The van der Waals surface area contributed by atoms with Gasteiger partial charge in [0.1, 0.15) is 11.6 Å². The number of carbonyl (C=O) groups is 4. The molecule has 42 heavy (non-hydrogen) atoms. The van der Waals surface area contributed by atoms with Gasteiger partial charge < -0.3 is 44.3 Å². The number of benzene rings is 1.